The van der Waals surface area contributed by atoms with E-state index in [1.807, 2.05) is 6.92 Å². The maximum Gasteiger partial charge on any atom is 0.360 e. The van der Waals surface area contributed by atoms with Gasteiger partial charge in [0.05, 0.1) is 25.2 Å². The second-order valence-electron chi connectivity index (χ2n) is 3.46. The Morgan fingerprint density at radius 1 is 1.53 bits per heavy atom. The highest BCUT2D eigenvalue weighted by molar-refractivity contribution is 5.92. The van der Waals surface area contributed by atoms with Crippen LogP contribution in [0.5, 0.6) is 0 Å². The predicted molar refractivity (Wildman–Crippen MR) is 59.6 cm³/mol. The molecule has 2 aromatic heterocycles. The van der Waals surface area contributed by atoms with Crippen molar-refractivity contribution in [3.8, 4) is 5.82 Å². The molecule has 7 nitrogen and oxygen atoms in total. The van der Waals surface area contributed by atoms with Crippen LogP contribution in [-0.4, -0.2) is 33.1 Å². The lowest BCUT2D eigenvalue weighted by molar-refractivity contribution is 0.0594. The Morgan fingerprint density at radius 2 is 2.29 bits per heavy atom. The van der Waals surface area contributed by atoms with E-state index in [9.17, 15) is 4.79 Å². The zero-order valence-electron chi connectivity index (χ0n) is 9.41. The highest BCUT2D eigenvalue weighted by Crippen LogP contribution is 2.13. The standard InChI is InChI=1S/C10H11N5O2/c1-6-3-8(13-12-4-6)15-5-7(11)9(14-15)10(16)17-2/h3-5H,11H2,1-2H3. The molecule has 0 amide bonds. The average Bonchev–Trinajstić information content (AvgIpc) is 2.70. The second kappa shape index (κ2) is 4.20. The Bertz CT molecular complexity index is 564. The molecule has 2 N–H and O–H groups in total. The molecule has 0 saturated heterocycles. The van der Waals surface area contributed by atoms with Crippen molar-refractivity contribution in [2.24, 2.45) is 0 Å². The first-order chi connectivity index (χ1) is 8.11. The number of ether oxygens (including phenoxy) is 1. The topological polar surface area (TPSA) is 95.9 Å². The van der Waals surface area contributed by atoms with E-state index in [0.29, 0.717) is 5.82 Å². The van der Waals surface area contributed by atoms with Gasteiger partial charge in [-0.05, 0) is 18.6 Å². The lowest BCUT2D eigenvalue weighted by atomic mass is 10.3. The molecule has 2 aromatic rings. The Balaban J connectivity index is 2.44. The van der Waals surface area contributed by atoms with E-state index >= 15 is 0 Å². The number of anilines is 1. The summed E-state index contributed by atoms with van der Waals surface area (Å²) in [5.41, 5.74) is 6.90. The van der Waals surface area contributed by atoms with Gasteiger partial charge in [0.1, 0.15) is 0 Å². The first kappa shape index (κ1) is 11.1. The Kier molecular flexibility index (Phi) is 2.73. The molecule has 7 heteroatoms. The third-order valence-electron chi connectivity index (χ3n) is 2.13. The van der Waals surface area contributed by atoms with Gasteiger partial charge in [-0.15, -0.1) is 5.10 Å². The van der Waals surface area contributed by atoms with Crippen LogP contribution in [0.15, 0.2) is 18.5 Å². The Hall–Kier alpha value is -2.44. The highest BCUT2D eigenvalue weighted by Gasteiger charge is 2.16. The van der Waals surface area contributed by atoms with Gasteiger partial charge in [-0.25, -0.2) is 9.48 Å². The van der Waals surface area contributed by atoms with Gasteiger partial charge in [-0.2, -0.15) is 10.2 Å². The summed E-state index contributed by atoms with van der Waals surface area (Å²) in [4.78, 5) is 11.3. The number of nitrogen functional groups attached to an aromatic ring is 1. The Morgan fingerprint density at radius 3 is 2.94 bits per heavy atom. The van der Waals surface area contributed by atoms with Gasteiger partial charge in [0.15, 0.2) is 11.5 Å². The van der Waals surface area contributed by atoms with Crippen LogP contribution in [0.1, 0.15) is 16.1 Å². The van der Waals surface area contributed by atoms with Gasteiger partial charge in [-0.3, -0.25) is 0 Å². The normalized spacial score (nSPS) is 10.2. The van der Waals surface area contributed by atoms with Crippen LogP contribution in [0.25, 0.3) is 5.82 Å². The van der Waals surface area contributed by atoms with E-state index in [-0.39, 0.29) is 11.4 Å². The van der Waals surface area contributed by atoms with Crippen molar-refractivity contribution in [1.29, 1.82) is 0 Å². The van der Waals surface area contributed by atoms with Crippen molar-refractivity contribution >= 4 is 11.7 Å². The minimum atomic E-state index is -0.582. The number of hydrogen-bond donors (Lipinski definition) is 1. The third-order valence-corrected chi connectivity index (χ3v) is 2.13. The number of aryl methyl sites for hydroxylation is 1. The monoisotopic (exact) mass is 233 g/mol. The number of hydrogen-bond acceptors (Lipinski definition) is 6. The molecular formula is C10H11N5O2. The van der Waals surface area contributed by atoms with Crippen molar-refractivity contribution in [2.45, 2.75) is 6.92 Å². The van der Waals surface area contributed by atoms with E-state index in [1.54, 1.807) is 12.3 Å². The zero-order valence-corrected chi connectivity index (χ0v) is 9.41. The van der Waals surface area contributed by atoms with Crippen molar-refractivity contribution in [1.82, 2.24) is 20.0 Å². The zero-order chi connectivity index (χ0) is 12.4. The molecule has 0 aliphatic rings. The maximum absolute atomic E-state index is 11.3. The van der Waals surface area contributed by atoms with Crippen LogP contribution in [0.2, 0.25) is 0 Å². The second-order valence-corrected chi connectivity index (χ2v) is 3.46. The van der Waals surface area contributed by atoms with Crippen LogP contribution in [-0.2, 0) is 4.74 Å². The molecule has 2 rings (SSSR count). The van der Waals surface area contributed by atoms with Gasteiger partial charge < -0.3 is 10.5 Å². The molecule has 0 fully saturated rings. The number of nitrogens with zero attached hydrogens (tertiary/aromatic N) is 4. The molecular weight excluding hydrogens is 222 g/mol. The number of methoxy groups -OCH3 is 1. The summed E-state index contributed by atoms with van der Waals surface area (Å²) < 4.78 is 5.95. The van der Waals surface area contributed by atoms with Gasteiger partial charge in [0.25, 0.3) is 0 Å². The maximum atomic E-state index is 11.3. The van der Waals surface area contributed by atoms with Crippen LogP contribution in [0.3, 0.4) is 0 Å². The lowest BCUT2D eigenvalue weighted by Crippen LogP contribution is -2.06. The van der Waals surface area contributed by atoms with E-state index in [0.717, 1.165) is 5.56 Å². The SMILES string of the molecule is COC(=O)c1nn(-c2cc(C)cnn2)cc1N. The quantitative estimate of drug-likeness (QED) is 0.751. The summed E-state index contributed by atoms with van der Waals surface area (Å²) >= 11 is 0. The van der Waals surface area contributed by atoms with E-state index < -0.39 is 5.97 Å². The van der Waals surface area contributed by atoms with Gasteiger partial charge in [0.2, 0.25) is 0 Å². The largest absolute Gasteiger partial charge is 0.464 e. The first-order valence-corrected chi connectivity index (χ1v) is 4.85. The number of carbonyl (C=O) groups is 1. The minimum absolute atomic E-state index is 0.0656. The van der Waals surface area contributed by atoms with Gasteiger partial charge in [-0.1, -0.05) is 0 Å². The summed E-state index contributed by atoms with van der Waals surface area (Å²) in [7, 11) is 1.27. The molecule has 0 atom stereocenters. The van der Waals surface area contributed by atoms with Crippen LogP contribution < -0.4 is 5.73 Å². The molecule has 0 saturated carbocycles. The van der Waals surface area contributed by atoms with Crippen molar-refractivity contribution in [2.75, 3.05) is 12.8 Å². The Labute approximate surface area is 97.2 Å². The molecule has 0 unspecified atom stereocenters. The van der Waals surface area contributed by atoms with Crippen molar-refractivity contribution < 1.29 is 9.53 Å². The molecule has 0 aliphatic heterocycles. The van der Waals surface area contributed by atoms with E-state index in [4.69, 9.17) is 5.73 Å². The lowest BCUT2D eigenvalue weighted by Gasteiger charge is -1.99. The van der Waals surface area contributed by atoms with E-state index in [2.05, 4.69) is 20.0 Å². The highest BCUT2D eigenvalue weighted by atomic mass is 16.5. The molecule has 2 heterocycles. The number of esters is 1. The molecule has 0 aromatic carbocycles. The molecule has 0 bridgehead atoms. The fourth-order valence-corrected chi connectivity index (χ4v) is 1.32. The molecule has 88 valence electrons. The van der Waals surface area contributed by atoms with Gasteiger partial charge in [0, 0.05) is 0 Å². The number of aromatic nitrogens is 4. The van der Waals surface area contributed by atoms with Crippen LogP contribution >= 0.6 is 0 Å². The predicted octanol–water partition coefficient (Wildman–Crippen LogP) is 0.340. The summed E-state index contributed by atoms with van der Waals surface area (Å²) in [6.07, 6.45) is 3.12. The summed E-state index contributed by atoms with van der Waals surface area (Å²) in [6, 6.07) is 1.78. The van der Waals surface area contributed by atoms with Crippen molar-refractivity contribution in [3.63, 3.8) is 0 Å². The minimum Gasteiger partial charge on any atom is -0.464 e. The van der Waals surface area contributed by atoms with E-state index in [1.165, 1.54) is 18.0 Å². The smallest absolute Gasteiger partial charge is 0.360 e. The number of carbonyl (C=O) groups excluding carboxylic acids is 1. The van der Waals surface area contributed by atoms with Crippen LogP contribution in [0.4, 0.5) is 5.69 Å². The average molecular weight is 233 g/mol. The van der Waals surface area contributed by atoms with Crippen molar-refractivity contribution in [3.05, 3.63) is 29.7 Å². The number of nitrogens with two attached hydrogens (primary N) is 1. The summed E-state index contributed by atoms with van der Waals surface area (Å²) in [6.45, 7) is 1.88. The fraction of sp³-hybridized carbons (Fsp3) is 0.200. The fourth-order valence-electron chi connectivity index (χ4n) is 1.32. The number of rotatable bonds is 2. The summed E-state index contributed by atoms with van der Waals surface area (Å²) in [5.74, 6) is -0.0892. The molecule has 0 aliphatic carbocycles. The first-order valence-electron chi connectivity index (χ1n) is 4.85. The van der Waals surface area contributed by atoms with Crippen LogP contribution in [0, 0.1) is 6.92 Å². The molecule has 17 heavy (non-hydrogen) atoms. The molecule has 0 spiro atoms. The summed E-state index contributed by atoms with van der Waals surface area (Å²) in [5, 5.41) is 11.7. The third kappa shape index (κ3) is 2.07. The van der Waals surface area contributed by atoms with Gasteiger partial charge >= 0.3 is 5.97 Å². The molecule has 0 radical (unpaired) electrons.